The lowest BCUT2D eigenvalue weighted by Gasteiger charge is -2.27. The van der Waals surface area contributed by atoms with Crippen molar-refractivity contribution in [1.82, 2.24) is 4.90 Å². The van der Waals surface area contributed by atoms with E-state index < -0.39 is 11.9 Å². The Bertz CT molecular complexity index is 982. The monoisotopic (exact) mass is 359 g/mol. The topological polar surface area (TPSA) is 40.5 Å². The van der Waals surface area contributed by atoms with Gasteiger partial charge in [-0.05, 0) is 28.8 Å². The van der Waals surface area contributed by atoms with Gasteiger partial charge in [0.05, 0.1) is 6.04 Å². The van der Waals surface area contributed by atoms with Crippen LogP contribution in [0.15, 0.2) is 90.7 Å². The summed E-state index contributed by atoms with van der Waals surface area (Å²) >= 11 is 0. The number of amides is 1. The molecule has 134 valence electrons. The third-order valence-corrected chi connectivity index (χ3v) is 4.77. The predicted octanol–water partition coefficient (Wildman–Crippen LogP) is 4.88. The molecule has 0 aliphatic carbocycles. The van der Waals surface area contributed by atoms with E-state index in [1.165, 1.54) is 12.1 Å². The Labute approximate surface area is 157 Å². The summed E-state index contributed by atoms with van der Waals surface area (Å²) in [6.07, 6.45) is 0. The minimum Gasteiger partial charge on any atom is -0.503 e. The first-order chi connectivity index (χ1) is 13.1. The molecular formula is C23H18FNO2. The fourth-order valence-corrected chi connectivity index (χ4v) is 3.50. The molecule has 0 fully saturated rings. The van der Waals surface area contributed by atoms with Gasteiger partial charge in [0.15, 0.2) is 5.76 Å². The van der Waals surface area contributed by atoms with E-state index >= 15 is 0 Å². The number of halogens is 1. The number of carbonyl (C=O) groups is 1. The molecule has 0 saturated heterocycles. The van der Waals surface area contributed by atoms with Crippen molar-refractivity contribution in [1.29, 1.82) is 0 Å². The lowest BCUT2D eigenvalue weighted by atomic mass is 9.93. The standard InChI is InChI=1S/C23H18FNO2/c24-19-13-11-18(12-14-19)21-20(17-9-5-2-6-10-17)22(26)23(27)25(21)15-16-7-3-1-4-8-16/h1-14,21,26H,15H2/t21-/m1/s1. The van der Waals surface area contributed by atoms with Crippen LogP contribution in [0.25, 0.3) is 5.57 Å². The SMILES string of the molecule is O=C1C(O)=C(c2ccccc2)[C@@H](c2ccc(F)cc2)N1Cc1ccccc1. The number of benzene rings is 3. The van der Waals surface area contributed by atoms with Crippen LogP contribution < -0.4 is 0 Å². The van der Waals surface area contributed by atoms with Gasteiger partial charge in [0.25, 0.3) is 5.91 Å². The molecule has 1 N–H and O–H groups in total. The summed E-state index contributed by atoms with van der Waals surface area (Å²) in [5.74, 6) is -1.02. The molecular weight excluding hydrogens is 341 g/mol. The van der Waals surface area contributed by atoms with Crippen molar-refractivity contribution in [3.63, 3.8) is 0 Å². The van der Waals surface area contributed by atoms with Crippen LogP contribution in [0.4, 0.5) is 4.39 Å². The Balaban J connectivity index is 1.81. The molecule has 27 heavy (non-hydrogen) atoms. The first-order valence-corrected chi connectivity index (χ1v) is 8.74. The second-order valence-electron chi connectivity index (χ2n) is 6.50. The van der Waals surface area contributed by atoms with E-state index in [-0.39, 0.29) is 11.6 Å². The van der Waals surface area contributed by atoms with Crippen molar-refractivity contribution >= 4 is 11.5 Å². The molecule has 3 aromatic rings. The first kappa shape index (κ1) is 17.0. The molecule has 3 aromatic carbocycles. The molecule has 0 saturated carbocycles. The average Bonchev–Trinajstić information content (AvgIpc) is 2.95. The van der Waals surface area contributed by atoms with E-state index in [1.807, 2.05) is 60.7 Å². The van der Waals surface area contributed by atoms with Crippen LogP contribution in [0.2, 0.25) is 0 Å². The summed E-state index contributed by atoms with van der Waals surface area (Å²) < 4.78 is 13.4. The largest absolute Gasteiger partial charge is 0.503 e. The third-order valence-electron chi connectivity index (χ3n) is 4.77. The Hall–Kier alpha value is -3.40. The minimum atomic E-state index is -0.485. The molecule has 1 atom stereocenters. The van der Waals surface area contributed by atoms with Crippen LogP contribution in [0, 0.1) is 5.82 Å². The summed E-state index contributed by atoms with van der Waals surface area (Å²) in [5.41, 5.74) is 3.03. The van der Waals surface area contributed by atoms with Crippen molar-refractivity contribution in [3.05, 3.63) is 113 Å². The maximum Gasteiger partial charge on any atom is 0.290 e. The number of hydrogen-bond acceptors (Lipinski definition) is 2. The van der Waals surface area contributed by atoms with Crippen LogP contribution >= 0.6 is 0 Å². The molecule has 1 amide bonds. The summed E-state index contributed by atoms with van der Waals surface area (Å²) in [4.78, 5) is 14.5. The second kappa shape index (κ2) is 7.08. The Morgan fingerprint density at radius 1 is 0.852 bits per heavy atom. The van der Waals surface area contributed by atoms with Gasteiger partial charge >= 0.3 is 0 Å². The summed E-state index contributed by atoms with van der Waals surface area (Å²) in [6, 6.07) is 24.5. The number of hydrogen-bond donors (Lipinski definition) is 1. The molecule has 0 bridgehead atoms. The van der Waals surface area contributed by atoms with Crippen LogP contribution in [-0.2, 0) is 11.3 Å². The summed E-state index contributed by atoms with van der Waals surface area (Å²) in [5, 5.41) is 10.7. The molecule has 0 spiro atoms. The highest BCUT2D eigenvalue weighted by molar-refractivity contribution is 6.05. The van der Waals surface area contributed by atoms with Gasteiger partial charge in [0, 0.05) is 12.1 Å². The van der Waals surface area contributed by atoms with E-state index in [9.17, 15) is 14.3 Å². The van der Waals surface area contributed by atoms with Gasteiger partial charge in [-0.1, -0.05) is 72.8 Å². The zero-order valence-electron chi connectivity index (χ0n) is 14.5. The van der Waals surface area contributed by atoms with E-state index in [2.05, 4.69) is 0 Å². The summed E-state index contributed by atoms with van der Waals surface area (Å²) in [7, 11) is 0. The molecule has 1 aliphatic heterocycles. The summed E-state index contributed by atoms with van der Waals surface area (Å²) in [6.45, 7) is 0.349. The highest BCUT2D eigenvalue weighted by atomic mass is 19.1. The molecule has 0 aromatic heterocycles. The zero-order valence-corrected chi connectivity index (χ0v) is 14.5. The second-order valence-corrected chi connectivity index (χ2v) is 6.50. The van der Waals surface area contributed by atoms with Crippen molar-refractivity contribution < 1.29 is 14.3 Å². The Kier molecular flexibility index (Phi) is 4.47. The van der Waals surface area contributed by atoms with E-state index in [0.717, 1.165) is 16.7 Å². The lowest BCUT2D eigenvalue weighted by molar-refractivity contribution is -0.130. The predicted molar refractivity (Wildman–Crippen MR) is 102 cm³/mol. The number of rotatable bonds is 4. The van der Waals surface area contributed by atoms with Gasteiger partial charge in [0.1, 0.15) is 5.82 Å². The maximum atomic E-state index is 13.4. The molecule has 1 heterocycles. The normalized spacial score (nSPS) is 16.9. The Morgan fingerprint density at radius 2 is 1.44 bits per heavy atom. The van der Waals surface area contributed by atoms with Crippen molar-refractivity contribution in [3.8, 4) is 0 Å². The molecule has 4 rings (SSSR count). The van der Waals surface area contributed by atoms with Gasteiger partial charge < -0.3 is 10.0 Å². The van der Waals surface area contributed by atoms with Gasteiger partial charge in [-0.2, -0.15) is 0 Å². The molecule has 1 aliphatic rings. The molecule has 4 heteroatoms. The van der Waals surface area contributed by atoms with Gasteiger partial charge in [-0.3, -0.25) is 4.79 Å². The van der Waals surface area contributed by atoms with Crippen molar-refractivity contribution in [2.45, 2.75) is 12.6 Å². The fraction of sp³-hybridized carbons (Fsp3) is 0.0870. The van der Waals surface area contributed by atoms with Crippen LogP contribution in [0.1, 0.15) is 22.7 Å². The van der Waals surface area contributed by atoms with Crippen LogP contribution in [0.3, 0.4) is 0 Å². The highest BCUT2D eigenvalue weighted by Gasteiger charge is 2.40. The minimum absolute atomic E-state index is 0.258. The lowest BCUT2D eigenvalue weighted by Crippen LogP contribution is -2.29. The quantitative estimate of drug-likeness (QED) is 0.721. The number of nitrogens with zero attached hydrogens (tertiary/aromatic N) is 1. The first-order valence-electron chi connectivity index (χ1n) is 8.74. The zero-order chi connectivity index (χ0) is 18.8. The van der Waals surface area contributed by atoms with Gasteiger partial charge in [0.2, 0.25) is 0 Å². The smallest absolute Gasteiger partial charge is 0.290 e. The molecule has 0 unspecified atom stereocenters. The maximum absolute atomic E-state index is 13.4. The fourth-order valence-electron chi connectivity index (χ4n) is 3.50. The Morgan fingerprint density at radius 3 is 2.07 bits per heavy atom. The number of carbonyl (C=O) groups excluding carboxylic acids is 1. The van der Waals surface area contributed by atoms with E-state index in [0.29, 0.717) is 12.1 Å². The van der Waals surface area contributed by atoms with E-state index in [4.69, 9.17) is 0 Å². The molecule has 0 radical (unpaired) electrons. The average molecular weight is 359 g/mol. The third kappa shape index (κ3) is 3.22. The van der Waals surface area contributed by atoms with Gasteiger partial charge in [-0.25, -0.2) is 4.39 Å². The van der Waals surface area contributed by atoms with Crippen molar-refractivity contribution in [2.75, 3.05) is 0 Å². The number of aliphatic hydroxyl groups excluding tert-OH is 1. The van der Waals surface area contributed by atoms with Crippen LogP contribution in [-0.4, -0.2) is 15.9 Å². The van der Waals surface area contributed by atoms with Crippen LogP contribution in [0.5, 0.6) is 0 Å². The number of aliphatic hydroxyl groups is 1. The molecule has 3 nitrogen and oxygen atoms in total. The van der Waals surface area contributed by atoms with Gasteiger partial charge in [-0.15, -0.1) is 0 Å². The highest BCUT2D eigenvalue weighted by Crippen LogP contribution is 2.43. The van der Waals surface area contributed by atoms with Crippen molar-refractivity contribution in [2.24, 2.45) is 0 Å². The van der Waals surface area contributed by atoms with E-state index in [1.54, 1.807) is 17.0 Å².